The number of hydrogen-bond acceptors (Lipinski definition) is 7. The lowest BCUT2D eigenvalue weighted by molar-refractivity contribution is -0.132. The second kappa shape index (κ2) is 9.95. The second-order valence-electron chi connectivity index (χ2n) is 9.10. The van der Waals surface area contributed by atoms with E-state index in [1.807, 2.05) is 31.2 Å². The fraction of sp³-hybridized carbons (Fsp3) is 0.321. The first-order valence-corrected chi connectivity index (χ1v) is 12.9. The third-order valence-corrected chi connectivity index (χ3v) is 7.80. The quantitative estimate of drug-likeness (QED) is 0.354. The number of benzene rings is 3. The molecule has 2 aliphatic heterocycles. The van der Waals surface area contributed by atoms with Gasteiger partial charge >= 0.3 is 5.97 Å². The third-order valence-electron chi connectivity index (χ3n) is 6.82. The topological polar surface area (TPSA) is 74.3 Å². The minimum Gasteiger partial charge on any atom is -0.497 e. The molecule has 7 nitrogen and oxygen atoms in total. The Labute approximate surface area is 213 Å². The van der Waals surface area contributed by atoms with Gasteiger partial charge in [-0.2, -0.15) is 0 Å². The number of esters is 1. The van der Waals surface area contributed by atoms with Gasteiger partial charge in [0.1, 0.15) is 5.75 Å². The van der Waals surface area contributed by atoms with E-state index in [4.69, 9.17) is 18.4 Å². The average molecular weight is 508 g/mol. The Hall–Kier alpha value is -3.36. The zero-order valence-corrected chi connectivity index (χ0v) is 21.6. The van der Waals surface area contributed by atoms with Crippen molar-refractivity contribution < 1.29 is 27.4 Å². The van der Waals surface area contributed by atoms with Gasteiger partial charge in [-0.05, 0) is 66.8 Å². The fourth-order valence-electron chi connectivity index (χ4n) is 5.05. The van der Waals surface area contributed by atoms with E-state index in [2.05, 4.69) is 17.0 Å². The lowest BCUT2D eigenvalue weighted by Crippen LogP contribution is -2.39. The van der Waals surface area contributed by atoms with Gasteiger partial charge in [0.05, 0.1) is 19.1 Å². The predicted molar refractivity (Wildman–Crippen MR) is 136 cm³/mol. The molecule has 2 unspecified atom stereocenters. The minimum atomic E-state index is -1.78. The van der Waals surface area contributed by atoms with Crippen molar-refractivity contribution >= 4 is 17.0 Å². The lowest BCUT2D eigenvalue weighted by Gasteiger charge is -2.42. The Kier molecular flexibility index (Phi) is 6.73. The van der Waals surface area contributed by atoms with Crippen LogP contribution in [0.1, 0.15) is 40.8 Å². The van der Waals surface area contributed by atoms with Gasteiger partial charge in [-0.1, -0.05) is 23.8 Å². The molecule has 0 aromatic heterocycles. The molecule has 0 fully saturated rings. The molecule has 8 heteroatoms. The molecule has 188 valence electrons. The highest BCUT2D eigenvalue weighted by Gasteiger charge is 2.36. The number of carbonyl (C=O) groups excluding carboxylic acids is 1. The van der Waals surface area contributed by atoms with Gasteiger partial charge in [-0.15, -0.1) is 0 Å². The molecule has 36 heavy (non-hydrogen) atoms. The van der Waals surface area contributed by atoms with Crippen LogP contribution in [0.4, 0.5) is 0 Å². The molecular formula is C28H29NO6S. The van der Waals surface area contributed by atoms with Crippen LogP contribution >= 0.6 is 0 Å². The monoisotopic (exact) mass is 507 g/mol. The van der Waals surface area contributed by atoms with Gasteiger partial charge in [0.15, 0.2) is 11.5 Å². The van der Waals surface area contributed by atoms with Gasteiger partial charge in [0.2, 0.25) is 16.8 Å². The second-order valence-corrected chi connectivity index (χ2v) is 10.2. The molecule has 0 saturated carbocycles. The van der Waals surface area contributed by atoms with Crippen molar-refractivity contribution in [2.75, 3.05) is 20.8 Å². The lowest BCUT2D eigenvalue weighted by atomic mass is 9.83. The summed E-state index contributed by atoms with van der Waals surface area (Å²) in [6, 6.07) is 15.6. The Bertz CT molecular complexity index is 1340. The number of carbonyl (C=O) groups is 1. The van der Waals surface area contributed by atoms with Crippen molar-refractivity contribution in [1.82, 2.24) is 4.90 Å². The molecule has 0 radical (unpaired) electrons. The largest absolute Gasteiger partial charge is 0.497 e. The first kappa shape index (κ1) is 24.3. The molecule has 3 aromatic rings. The number of methoxy groups -OCH3 is 2. The first-order valence-electron chi connectivity index (χ1n) is 11.9. The first-order chi connectivity index (χ1) is 17.4. The molecule has 0 spiro atoms. The van der Waals surface area contributed by atoms with E-state index < -0.39 is 17.0 Å². The summed E-state index contributed by atoms with van der Waals surface area (Å²) < 4.78 is 35.9. The van der Waals surface area contributed by atoms with Gasteiger partial charge in [0.25, 0.3) is 0 Å². The van der Waals surface area contributed by atoms with E-state index in [1.54, 1.807) is 19.2 Å². The van der Waals surface area contributed by atoms with Crippen molar-refractivity contribution in [3.63, 3.8) is 0 Å². The molecule has 2 aliphatic rings. The van der Waals surface area contributed by atoms with E-state index in [0.717, 1.165) is 35.4 Å². The molecule has 0 bridgehead atoms. The summed E-state index contributed by atoms with van der Waals surface area (Å²) >= 11 is -1.78. The maximum atomic E-state index is 13.2. The number of hydrogen-bond donors (Lipinski definition) is 0. The van der Waals surface area contributed by atoms with Crippen LogP contribution in [0.15, 0.2) is 53.4 Å². The van der Waals surface area contributed by atoms with Crippen LogP contribution in [0.25, 0.3) is 0 Å². The van der Waals surface area contributed by atoms with E-state index >= 15 is 0 Å². The number of nitrogens with zero attached hydrogens (tertiary/aromatic N) is 1. The molecule has 2 heterocycles. The van der Waals surface area contributed by atoms with Crippen molar-refractivity contribution in [3.8, 4) is 23.0 Å². The maximum Gasteiger partial charge on any atom is 0.308 e. The van der Waals surface area contributed by atoms with Gasteiger partial charge in [0, 0.05) is 31.6 Å². The zero-order chi connectivity index (χ0) is 25.4. The summed E-state index contributed by atoms with van der Waals surface area (Å²) in [4.78, 5) is 14.8. The molecule has 0 amide bonds. The standard InChI is InChI=1S/C28H29NO6S/c1-17-5-8-22(9-6-17)36(31)35-27-24-16-29-12-11-19-13-21(32-3)7-10-23(19)25(29)14-20(24)15-26(28(27)33-4)34-18(2)30/h5-10,13,15,25H,11-12,14,16H2,1-4H3. The van der Waals surface area contributed by atoms with E-state index in [0.29, 0.717) is 23.6 Å². The maximum absolute atomic E-state index is 13.2. The molecule has 2 atom stereocenters. The van der Waals surface area contributed by atoms with Crippen molar-refractivity contribution in [2.45, 2.75) is 44.2 Å². The Morgan fingerprint density at radius 2 is 1.78 bits per heavy atom. The molecule has 5 rings (SSSR count). The van der Waals surface area contributed by atoms with E-state index in [1.165, 1.54) is 25.2 Å². The number of rotatable bonds is 6. The van der Waals surface area contributed by atoms with Crippen molar-refractivity contribution in [2.24, 2.45) is 0 Å². The zero-order valence-electron chi connectivity index (χ0n) is 20.8. The van der Waals surface area contributed by atoms with Gasteiger partial charge < -0.3 is 18.4 Å². The highest BCUT2D eigenvalue weighted by Crippen LogP contribution is 2.49. The summed E-state index contributed by atoms with van der Waals surface area (Å²) in [5.74, 6) is 1.27. The minimum absolute atomic E-state index is 0.168. The van der Waals surface area contributed by atoms with Crippen LogP contribution in [-0.4, -0.2) is 35.8 Å². The number of fused-ring (bicyclic) bond motifs is 4. The van der Waals surface area contributed by atoms with Crippen molar-refractivity contribution in [1.29, 1.82) is 0 Å². The highest BCUT2D eigenvalue weighted by atomic mass is 32.2. The van der Waals surface area contributed by atoms with Crippen LogP contribution in [0.2, 0.25) is 0 Å². The summed E-state index contributed by atoms with van der Waals surface area (Å²) in [7, 11) is 3.17. The summed E-state index contributed by atoms with van der Waals surface area (Å²) in [5.41, 5.74) is 5.49. The average Bonchev–Trinajstić information content (AvgIpc) is 2.87. The van der Waals surface area contributed by atoms with Crippen molar-refractivity contribution in [3.05, 3.63) is 76.3 Å². The predicted octanol–water partition coefficient (Wildman–Crippen LogP) is 4.69. The summed E-state index contributed by atoms with van der Waals surface area (Å²) in [6.07, 6.45) is 1.60. The van der Waals surface area contributed by atoms with Crippen LogP contribution in [-0.2, 0) is 35.3 Å². The number of ether oxygens (including phenoxy) is 3. The fourth-order valence-corrected chi connectivity index (χ4v) is 5.84. The SMILES string of the molecule is COc1ccc2c(c1)CCN1Cc3c(cc(OC(C)=O)c(OC)c3OS(=O)c3ccc(C)cc3)CC21. The van der Waals surface area contributed by atoms with E-state index in [9.17, 15) is 9.00 Å². The van der Waals surface area contributed by atoms with Crippen LogP contribution in [0, 0.1) is 6.92 Å². The Morgan fingerprint density at radius 3 is 2.47 bits per heavy atom. The molecule has 0 aliphatic carbocycles. The molecule has 0 N–H and O–H groups in total. The number of aryl methyl sites for hydroxylation is 1. The van der Waals surface area contributed by atoms with Crippen LogP contribution in [0.3, 0.4) is 0 Å². The van der Waals surface area contributed by atoms with E-state index in [-0.39, 0.29) is 17.5 Å². The molecule has 0 saturated heterocycles. The van der Waals surface area contributed by atoms with Crippen LogP contribution in [0.5, 0.6) is 23.0 Å². The summed E-state index contributed by atoms with van der Waals surface area (Å²) in [6.45, 7) is 4.79. The van der Waals surface area contributed by atoms with Crippen LogP contribution < -0.4 is 18.4 Å². The Morgan fingerprint density at radius 1 is 1.00 bits per heavy atom. The summed E-state index contributed by atoms with van der Waals surface area (Å²) in [5, 5.41) is 0. The molecular weight excluding hydrogens is 478 g/mol. The smallest absolute Gasteiger partial charge is 0.308 e. The molecule has 3 aromatic carbocycles. The van der Waals surface area contributed by atoms with Gasteiger partial charge in [-0.25, -0.2) is 4.21 Å². The third kappa shape index (κ3) is 4.58. The highest BCUT2D eigenvalue weighted by molar-refractivity contribution is 7.80. The Balaban J connectivity index is 1.57. The normalized spacial score (nSPS) is 17.3. The van der Waals surface area contributed by atoms with Gasteiger partial charge in [-0.3, -0.25) is 9.69 Å².